The van der Waals surface area contributed by atoms with E-state index in [9.17, 15) is 4.79 Å². The molecular formula is C21H40N4OS. The van der Waals surface area contributed by atoms with Crippen LogP contribution in [0.15, 0.2) is 0 Å². The first-order chi connectivity index (χ1) is 12.2. The van der Waals surface area contributed by atoms with Gasteiger partial charge in [0.25, 0.3) is 0 Å². The Kier molecular flexibility index (Phi) is 6.11. The third-order valence-electron chi connectivity index (χ3n) is 6.29. The van der Waals surface area contributed by atoms with Crippen LogP contribution in [0.4, 0.5) is 4.79 Å². The van der Waals surface area contributed by atoms with Crippen molar-refractivity contribution in [1.29, 1.82) is 0 Å². The predicted octanol–water partition coefficient (Wildman–Crippen LogP) is 4.17. The number of hydrogen-bond acceptors (Lipinski definition) is 2. The van der Waals surface area contributed by atoms with E-state index in [2.05, 4.69) is 77.0 Å². The molecule has 6 heteroatoms. The summed E-state index contributed by atoms with van der Waals surface area (Å²) in [5.74, 6) is 0. The summed E-state index contributed by atoms with van der Waals surface area (Å²) in [5.41, 5.74) is -0.291. The van der Waals surface area contributed by atoms with Crippen molar-refractivity contribution >= 4 is 23.4 Å². The van der Waals surface area contributed by atoms with Crippen molar-refractivity contribution < 1.29 is 4.79 Å². The maximum Gasteiger partial charge on any atom is 0.321 e. The molecule has 2 aliphatic rings. The molecule has 5 nitrogen and oxygen atoms in total. The van der Waals surface area contributed by atoms with E-state index in [4.69, 9.17) is 12.2 Å². The molecule has 0 aromatic carbocycles. The molecule has 0 saturated carbocycles. The maximum absolute atomic E-state index is 13.0. The minimum Gasteiger partial charge on any atom is -0.345 e. The summed E-state index contributed by atoms with van der Waals surface area (Å²) in [6, 6.07) is 0.619. The zero-order valence-corrected chi connectivity index (χ0v) is 19.7. The van der Waals surface area contributed by atoms with Crippen molar-refractivity contribution in [2.75, 3.05) is 26.2 Å². The topological polar surface area (TPSA) is 30.0 Å². The monoisotopic (exact) mass is 396 g/mol. The van der Waals surface area contributed by atoms with E-state index in [0.717, 1.165) is 44.1 Å². The van der Waals surface area contributed by atoms with Gasteiger partial charge in [-0.25, -0.2) is 4.79 Å². The van der Waals surface area contributed by atoms with Gasteiger partial charge >= 0.3 is 6.03 Å². The highest BCUT2D eigenvalue weighted by Gasteiger charge is 2.44. The maximum atomic E-state index is 13.0. The van der Waals surface area contributed by atoms with Gasteiger partial charge < -0.3 is 19.6 Å². The molecule has 0 radical (unpaired) electrons. The van der Waals surface area contributed by atoms with Crippen LogP contribution >= 0.6 is 12.2 Å². The molecule has 0 atom stereocenters. The lowest BCUT2D eigenvalue weighted by molar-refractivity contribution is 0.110. The van der Waals surface area contributed by atoms with Gasteiger partial charge in [-0.15, -0.1) is 0 Å². The number of carbonyl (C=O) groups is 1. The quantitative estimate of drug-likeness (QED) is 0.630. The third-order valence-corrected chi connectivity index (χ3v) is 6.75. The Balaban J connectivity index is 2.02. The van der Waals surface area contributed by atoms with Gasteiger partial charge in [0.1, 0.15) is 0 Å². The van der Waals surface area contributed by atoms with E-state index in [0.29, 0.717) is 6.04 Å². The molecule has 2 amide bonds. The van der Waals surface area contributed by atoms with Crippen molar-refractivity contribution in [3.63, 3.8) is 0 Å². The van der Waals surface area contributed by atoms with Crippen LogP contribution in [0, 0.1) is 0 Å². The zero-order valence-electron chi connectivity index (χ0n) is 18.9. The number of amides is 2. The molecule has 2 aliphatic heterocycles. The Bertz CT molecular complexity index is 579. The largest absolute Gasteiger partial charge is 0.345 e. The van der Waals surface area contributed by atoms with Crippen LogP contribution < -0.4 is 0 Å². The van der Waals surface area contributed by atoms with Crippen LogP contribution in [0.3, 0.4) is 0 Å². The van der Waals surface area contributed by atoms with Crippen LogP contribution in [-0.4, -0.2) is 79.6 Å². The van der Waals surface area contributed by atoms with Crippen molar-refractivity contribution in [2.45, 2.75) is 97.8 Å². The van der Waals surface area contributed by atoms with Gasteiger partial charge in [-0.3, -0.25) is 0 Å². The van der Waals surface area contributed by atoms with E-state index in [1.54, 1.807) is 0 Å². The SMILES string of the molecule is CC(C)N1CCN(C(C)(C)CCC(C)(C)N2CCN(C(C)(C)C)C2=O)C1=S. The van der Waals surface area contributed by atoms with Crippen molar-refractivity contribution in [1.82, 2.24) is 19.6 Å². The lowest BCUT2D eigenvalue weighted by Gasteiger charge is -2.42. The zero-order chi connectivity index (χ0) is 20.8. The molecule has 156 valence electrons. The van der Waals surface area contributed by atoms with Crippen molar-refractivity contribution in [3.8, 4) is 0 Å². The van der Waals surface area contributed by atoms with E-state index in [-0.39, 0.29) is 22.6 Å². The van der Waals surface area contributed by atoms with Crippen LogP contribution in [0.5, 0.6) is 0 Å². The molecule has 2 heterocycles. The van der Waals surface area contributed by atoms with Crippen molar-refractivity contribution in [2.24, 2.45) is 0 Å². The van der Waals surface area contributed by atoms with Crippen LogP contribution in [0.2, 0.25) is 0 Å². The summed E-state index contributed by atoms with van der Waals surface area (Å²) in [6.07, 6.45) is 1.97. The molecule has 27 heavy (non-hydrogen) atoms. The standard InChI is InChI=1S/C21H40N4OS/c1-16(2)22-12-13-25(18(22)27)21(8,9)11-10-20(6,7)24-15-14-23(17(24)26)19(3,4)5/h16H,10-15H2,1-9H3. The highest BCUT2D eigenvalue weighted by molar-refractivity contribution is 7.80. The average Bonchev–Trinajstić information content (AvgIpc) is 3.08. The number of thiocarbonyl (C=S) groups is 1. The van der Waals surface area contributed by atoms with Crippen molar-refractivity contribution in [3.05, 3.63) is 0 Å². The first-order valence-corrected chi connectivity index (χ1v) is 10.8. The van der Waals surface area contributed by atoms with Crippen LogP contribution in [0.1, 0.15) is 75.2 Å². The van der Waals surface area contributed by atoms with Crippen LogP contribution in [-0.2, 0) is 0 Å². The Labute approximate surface area is 172 Å². The second-order valence-electron chi connectivity index (χ2n) is 10.6. The second kappa shape index (κ2) is 7.41. The van der Waals surface area contributed by atoms with Gasteiger partial charge in [-0.2, -0.15) is 0 Å². The fourth-order valence-corrected chi connectivity index (χ4v) is 4.84. The molecule has 0 spiro atoms. The molecule has 0 bridgehead atoms. The number of nitrogens with zero attached hydrogens (tertiary/aromatic N) is 4. The fraction of sp³-hybridized carbons (Fsp3) is 0.905. The first-order valence-electron chi connectivity index (χ1n) is 10.4. The van der Waals surface area contributed by atoms with Gasteiger partial charge in [0, 0.05) is 48.8 Å². The molecule has 0 aromatic rings. The summed E-state index contributed by atoms with van der Waals surface area (Å²) in [4.78, 5) is 21.7. The van der Waals surface area contributed by atoms with Gasteiger partial charge in [0.15, 0.2) is 5.11 Å². The molecule has 0 aromatic heterocycles. The molecule has 0 unspecified atom stereocenters. The molecule has 0 aliphatic carbocycles. The molecule has 2 fully saturated rings. The van der Waals surface area contributed by atoms with E-state index < -0.39 is 0 Å². The van der Waals surface area contributed by atoms with E-state index in [1.165, 1.54) is 0 Å². The highest BCUT2D eigenvalue weighted by atomic mass is 32.1. The normalized spacial score (nSPS) is 19.9. The molecule has 0 N–H and O–H groups in total. The molecule has 2 saturated heterocycles. The van der Waals surface area contributed by atoms with Crippen LogP contribution in [0.25, 0.3) is 0 Å². The average molecular weight is 397 g/mol. The van der Waals surface area contributed by atoms with E-state index in [1.807, 2.05) is 4.90 Å². The lowest BCUT2D eigenvalue weighted by atomic mass is 9.87. The smallest absolute Gasteiger partial charge is 0.321 e. The number of carbonyl (C=O) groups excluding carboxylic acids is 1. The minimum absolute atomic E-state index is 0.00944. The van der Waals surface area contributed by atoms with Gasteiger partial charge in [-0.05, 0) is 87.4 Å². The van der Waals surface area contributed by atoms with Gasteiger partial charge in [0.2, 0.25) is 0 Å². The Morgan fingerprint density at radius 3 is 1.67 bits per heavy atom. The molecular weight excluding hydrogens is 356 g/mol. The second-order valence-corrected chi connectivity index (χ2v) is 11.0. The number of rotatable bonds is 6. The number of hydrogen-bond donors (Lipinski definition) is 0. The summed E-state index contributed by atoms with van der Waals surface area (Å²) < 4.78 is 0. The third kappa shape index (κ3) is 4.52. The molecule has 2 rings (SSSR count). The Hall–Kier alpha value is -1.04. The fourth-order valence-electron chi connectivity index (χ4n) is 4.20. The first kappa shape index (κ1) is 22.3. The summed E-state index contributed by atoms with van der Waals surface area (Å²) in [6.45, 7) is 23.3. The highest BCUT2D eigenvalue weighted by Crippen LogP contribution is 2.34. The summed E-state index contributed by atoms with van der Waals surface area (Å²) in [7, 11) is 0. The minimum atomic E-state index is -0.159. The van der Waals surface area contributed by atoms with E-state index >= 15 is 0 Å². The Morgan fingerprint density at radius 1 is 0.815 bits per heavy atom. The summed E-state index contributed by atoms with van der Waals surface area (Å²) in [5, 5.41) is 0.976. The predicted molar refractivity (Wildman–Crippen MR) is 117 cm³/mol. The Morgan fingerprint density at radius 2 is 1.26 bits per heavy atom. The van der Waals surface area contributed by atoms with Gasteiger partial charge in [-0.1, -0.05) is 0 Å². The lowest BCUT2D eigenvalue weighted by Crippen LogP contribution is -2.52. The summed E-state index contributed by atoms with van der Waals surface area (Å²) >= 11 is 5.76. The number of urea groups is 1. The van der Waals surface area contributed by atoms with Gasteiger partial charge in [0.05, 0.1) is 0 Å².